The molecule has 1 aromatic rings. The quantitative estimate of drug-likeness (QED) is 0.423. The summed E-state index contributed by atoms with van der Waals surface area (Å²) in [5.41, 5.74) is 0.377. The Labute approximate surface area is 88.4 Å². The van der Waals surface area contributed by atoms with Crippen molar-refractivity contribution in [2.75, 3.05) is 12.5 Å². The molecule has 0 saturated carbocycles. The van der Waals surface area contributed by atoms with E-state index in [1.807, 2.05) is 0 Å². The molecule has 3 nitrogen and oxygen atoms in total. The van der Waals surface area contributed by atoms with Crippen LogP contribution in [0.1, 0.15) is 6.42 Å². The highest BCUT2D eigenvalue weighted by atomic mass is 35.5. The fourth-order valence-electron chi connectivity index (χ4n) is 1.06. The van der Waals surface area contributed by atoms with Gasteiger partial charge in [-0.15, -0.1) is 11.6 Å². The van der Waals surface area contributed by atoms with Crippen molar-refractivity contribution in [1.82, 2.24) is 0 Å². The molecule has 0 atom stereocenters. The normalized spacial score (nSPS) is 9.93. The molecule has 0 unspecified atom stereocenters. The van der Waals surface area contributed by atoms with Gasteiger partial charge in [0.15, 0.2) is 0 Å². The third-order valence-corrected chi connectivity index (χ3v) is 2.00. The maximum atomic E-state index is 9.01. The standard InChI is InChI=1S/C9H12BClO3/c11-6-3-7-14-9-5-2-1-4-8(9)10(12)13/h1-2,4-5,12-13H,3,6-7H2. The van der Waals surface area contributed by atoms with E-state index in [4.69, 9.17) is 26.4 Å². The van der Waals surface area contributed by atoms with Crippen LogP contribution >= 0.6 is 11.6 Å². The van der Waals surface area contributed by atoms with Crippen molar-refractivity contribution in [3.8, 4) is 5.75 Å². The van der Waals surface area contributed by atoms with Gasteiger partial charge in [-0.05, 0) is 12.5 Å². The minimum Gasteiger partial charge on any atom is -0.494 e. The van der Waals surface area contributed by atoms with Gasteiger partial charge in [0.2, 0.25) is 0 Å². The number of halogens is 1. The zero-order valence-electron chi connectivity index (χ0n) is 7.69. The second kappa shape index (κ2) is 5.91. The summed E-state index contributed by atoms with van der Waals surface area (Å²) >= 11 is 5.49. The minimum atomic E-state index is -1.50. The van der Waals surface area contributed by atoms with Crippen LogP contribution in [0.3, 0.4) is 0 Å². The van der Waals surface area contributed by atoms with Crippen LogP contribution < -0.4 is 10.2 Å². The molecule has 1 aromatic carbocycles. The van der Waals surface area contributed by atoms with Gasteiger partial charge >= 0.3 is 7.12 Å². The summed E-state index contributed by atoms with van der Waals surface area (Å²) in [5, 5.41) is 18.0. The lowest BCUT2D eigenvalue weighted by atomic mass is 9.79. The Morgan fingerprint density at radius 3 is 2.64 bits per heavy atom. The molecule has 0 bridgehead atoms. The molecule has 0 amide bonds. The number of benzene rings is 1. The first-order chi connectivity index (χ1) is 6.75. The van der Waals surface area contributed by atoms with Crippen LogP contribution in [0.2, 0.25) is 0 Å². The van der Waals surface area contributed by atoms with E-state index in [1.165, 1.54) is 0 Å². The predicted molar refractivity (Wildman–Crippen MR) is 57.1 cm³/mol. The van der Waals surface area contributed by atoms with Crippen molar-refractivity contribution in [1.29, 1.82) is 0 Å². The molecule has 0 aliphatic carbocycles. The highest BCUT2D eigenvalue weighted by Gasteiger charge is 2.15. The SMILES string of the molecule is OB(O)c1ccccc1OCCCCl. The van der Waals surface area contributed by atoms with Crippen molar-refractivity contribution in [3.63, 3.8) is 0 Å². The zero-order valence-corrected chi connectivity index (χ0v) is 8.44. The number of rotatable bonds is 5. The molecule has 0 aliphatic rings. The number of hydrogen-bond acceptors (Lipinski definition) is 3. The predicted octanol–water partition coefficient (Wildman–Crippen LogP) is 0.374. The van der Waals surface area contributed by atoms with Crippen LogP contribution in [-0.4, -0.2) is 29.7 Å². The van der Waals surface area contributed by atoms with Gasteiger partial charge in [0.25, 0.3) is 0 Å². The fourth-order valence-corrected chi connectivity index (χ4v) is 1.17. The van der Waals surface area contributed by atoms with Crippen LogP contribution in [0, 0.1) is 0 Å². The zero-order chi connectivity index (χ0) is 10.4. The molecule has 0 radical (unpaired) electrons. The Kier molecular flexibility index (Phi) is 4.80. The number of hydrogen-bond donors (Lipinski definition) is 2. The molecular formula is C9H12BClO3. The maximum Gasteiger partial charge on any atom is 0.492 e. The first-order valence-corrected chi connectivity index (χ1v) is 4.93. The molecule has 0 spiro atoms. The van der Waals surface area contributed by atoms with Gasteiger partial charge in [-0.3, -0.25) is 0 Å². The van der Waals surface area contributed by atoms with Crippen LogP contribution in [0.5, 0.6) is 5.75 Å². The van der Waals surface area contributed by atoms with Crippen molar-refractivity contribution in [2.45, 2.75) is 6.42 Å². The lowest BCUT2D eigenvalue weighted by Crippen LogP contribution is -2.31. The molecule has 14 heavy (non-hydrogen) atoms. The van der Waals surface area contributed by atoms with Crippen molar-refractivity contribution in [2.24, 2.45) is 0 Å². The molecule has 1 rings (SSSR count). The molecule has 0 saturated heterocycles. The summed E-state index contributed by atoms with van der Waals surface area (Å²) in [7, 11) is -1.50. The Hall–Kier alpha value is -0.705. The fraction of sp³-hybridized carbons (Fsp3) is 0.333. The lowest BCUT2D eigenvalue weighted by molar-refractivity contribution is 0.318. The number of alkyl halides is 1. The maximum absolute atomic E-state index is 9.01. The summed E-state index contributed by atoms with van der Waals surface area (Å²) in [6.45, 7) is 0.479. The molecule has 76 valence electrons. The smallest absolute Gasteiger partial charge is 0.492 e. The van der Waals surface area contributed by atoms with Gasteiger partial charge in [-0.1, -0.05) is 18.2 Å². The average Bonchev–Trinajstić information content (AvgIpc) is 2.19. The van der Waals surface area contributed by atoms with Crippen LogP contribution in [0.15, 0.2) is 24.3 Å². The second-order valence-electron chi connectivity index (χ2n) is 2.80. The van der Waals surface area contributed by atoms with Gasteiger partial charge < -0.3 is 14.8 Å². The summed E-state index contributed by atoms with van der Waals surface area (Å²) in [6.07, 6.45) is 0.734. The van der Waals surface area contributed by atoms with Gasteiger partial charge in [-0.25, -0.2) is 0 Å². The largest absolute Gasteiger partial charge is 0.494 e. The molecule has 0 fully saturated rings. The van der Waals surface area contributed by atoms with Crippen molar-refractivity contribution in [3.05, 3.63) is 24.3 Å². The van der Waals surface area contributed by atoms with Crippen LogP contribution in [0.25, 0.3) is 0 Å². The Morgan fingerprint density at radius 2 is 2.00 bits per heavy atom. The third-order valence-electron chi connectivity index (χ3n) is 1.73. The van der Waals surface area contributed by atoms with E-state index < -0.39 is 7.12 Å². The minimum absolute atomic E-state index is 0.377. The number of para-hydroxylation sites is 1. The summed E-state index contributed by atoms with van der Waals surface area (Å²) in [4.78, 5) is 0. The van der Waals surface area contributed by atoms with E-state index in [0.717, 1.165) is 6.42 Å². The van der Waals surface area contributed by atoms with Gasteiger partial charge in [0, 0.05) is 11.3 Å². The van der Waals surface area contributed by atoms with Gasteiger partial charge in [0.05, 0.1) is 6.61 Å². The molecular weight excluding hydrogens is 202 g/mol. The van der Waals surface area contributed by atoms with Crippen molar-refractivity contribution < 1.29 is 14.8 Å². The van der Waals surface area contributed by atoms with E-state index >= 15 is 0 Å². The Bertz CT molecular complexity index is 281. The van der Waals surface area contributed by atoms with E-state index in [2.05, 4.69) is 0 Å². The lowest BCUT2D eigenvalue weighted by Gasteiger charge is -2.09. The summed E-state index contributed by atoms with van der Waals surface area (Å²) in [5.74, 6) is 1.02. The van der Waals surface area contributed by atoms with E-state index in [0.29, 0.717) is 23.7 Å². The highest BCUT2D eigenvalue weighted by molar-refractivity contribution is 6.59. The molecule has 5 heteroatoms. The summed E-state index contributed by atoms with van der Waals surface area (Å²) in [6, 6.07) is 6.81. The van der Waals surface area contributed by atoms with E-state index in [1.54, 1.807) is 24.3 Å². The average molecular weight is 214 g/mol. The van der Waals surface area contributed by atoms with Gasteiger partial charge in [-0.2, -0.15) is 0 Å². The Morgan fingerprint density at radius 1 is 1.29 bits per heavy atom. The molecule has 0 aliphatic heterocycles. The highest BCUT2D eigenvalue weighted by Crippen LogP contribution is 2.07. The number of ether oxygens (including phenoxy) is 1. The second-order valence-corrected chi connectivity index (χ2v) is 3.18. The van der Waals surface area contributed by atoms with E-state index in [-0.39, 0.29) is 0 Å². The van der Waals surface area contributed by atoms with Crippen molar-refractivity contribution >= 4 is 24.2 Å². The third kappa shape index (κ3) is 3.22. The first kappa shape index (κ1) is 11.4. The van der Waals surface area contributed by atoms with Crippen LogP contribution in [0.4, 0.5) is 0 Å². The Balaban J connectivity index is 2.64. The molecule has 0 heterocycles. The van der Waals surface area contributed by atoms with E-state index in [9.17, 15) is 0 Å². The topological polar surface area (TPSA) is 49.7 Å². The van der Waals surface area contributed by atoms with Gasteiger partial charge in [0.1, 0.15) is 5.75 Å². The summed E-state index contributed by atoms with van der Waals surface area (Å²) < 4.78 is 5.33. The van der Waals surface area contributed by atoms with Crippen LogP contribution in [-0.2, 0) is 0 Å². The molecule has 2 N–H and O–H groups in total. The first-order valence-electron chi connectivity index (χ1n) is 4.39. The molecule has 0 aromatic heterocycles. The monoisotopic (exact) mass is 214 g/mol.